The van der Waals surface area contributed by atoms with E-state index in [0.717, 1.165) is 39.1 Å². The van der Waals surface area contributed by atoms with E-state index in [1.807, 2.05) is 20.8 Å². The van der Waals surface area contributed by atoms with Crippen molar-refractivity contribution in [3.8, 4) is 0 Å². The number of ether oxygens (including phenoxy) is 3. The van der Waals surface area contributed by atoms with Crippen LogP contribution in [0.15, 0.2) is 0 Å². The quantitative estimate of drug-likeness (QED) is 0.571. The first kappa shape index (κ1) is 24.1. The number of nitrogens with zero attached hydrogens (tertiary/aromatic N) is 1. The highest BCUT2D eigenvalue weighted by Crippen LogP contribution is 2.15. The highest BCUT2D eigenvalue weighted by Gasteiger charge is 2.25. The third-order valence-electron chi connectivity index (χ3n) is 4.21. The number of likely N-dealkylation sites (tertiary alicyclic amines) is 1. The van der Waals surface area contributed by atoms with Gasteiger partial charge in [-0.2, -0.15) is 0 Å². The zero-order chi connectivity index (χ0) is 20.3. The predicted molar refractivity (Wildman–Crippen MR) is 101 cm³/mol. The van der Waals surface area contributed by atoms with Crippen LogP contribution in [0.3, 0.4) is 0 Å². The second kappa shape index (κ2) is 12.5. The zero-order valence-corrected chi connectivity index (χ0v) is 16.9. The molecule has 0 aromatic carbocycles. The van der Waals surface area contributed by atoms with Crippen LogP contribution in [-0.2, 0) is 14.2 Å². The normalized spacial score (nSPS) is 24.4. The van der Waals surface area contributed by atoms with E-state index in [9.17, 15) is 9.90 Å². The molecule has 160 valence electrons. The van der Waals surface area contributed by atoms with Gasteiger partial charge in [0.1, 0.15) is 5.60 Å². The number of amides is 1. The second-order valence-electron chi connectivity index (χ2n) is 8.06. The van der Waals surface area contributed by atoms with Crippen LogP contribution in [0.1, 0.15) is 52.9 Å². The van der Waals surface area contributed by atoms with Crippen molar-refractivity contribution >= 4 is 6.09 Å². The van der Waals surface area contributed by atoms with Gasteiger partial charge in [0, 0.05) is 32.9 Å². The third kappa shape index (κ3) is 12.2. The molecule has 3 N–H and O–H groups in total. The highest BCUT2D eigenvalue weighted by atomic mass is 16.6. The number of aliphatic hydroxyl groups is 3. The summed E-state index contributed by atoms with van der Waals surface area (Å²) in [6, 6.07) is 0. The van der Waals surface area contributed by atoms with Crippen molar-refractivity contribution < 1.29 is 34.3 Å². The monoisotopic (exact) mass is 391 g/mol. The first-order valence-electron chi connectivity index (χ1n) is 9.85. The lowest BCUT2D eigenvalue weighted by Gasteiger charge is -2.31. The SMILES string of the molecule is CC(C)(C)OC(=O)N1CCC(O)CC1.OC1CCOC1.OC1CCOCC1. The Kier molecular flexibility index (Phi) is 11.2. The standard InChI is InChI=1S/C10H19NO3.C5H10O2.C4H8O2/c1-10(2,3)14-9(13)11-6-4-8(12)5-7-11;6-5-1-3-7-4-2-5;5-4-1-2-6-3-4/h8,12H,4-7H2,1-3H3;5-6H,1-4H2;4-5H,1-3H2. The van der Waals surface area contributed by atoms with Crippen LogP contribution in [0.4, 0.5) is 4.79 Å². The predicted octanol–water partition coefficient (Wildman–Crippen LogP) is 1.30. The van der Waals surface area contributed by atoms with Crippen molar-refractivity contribution in [3.05, 3.63) is 0 Å². The van der Waals surface area contributed by atoms with E-state index < -0.39 is 5.60 Å². The van der Waals surface area contributed by atoms with Crippen molar-refractivity contribution in [2.75, 3.05) is 39.5 Å². The Hall–Kier alpha value is -0.930. The van der Waals surface area contributed by atoms with Crippen LogP contribution < -0.4 is 0 Å². The summed E-state index contributed by atoms with van der Waals surface area (Å²) in [5, 5.41) is 26.7. The molecule has 8 heteroatoms. The third-order valence-corrected chi connectivity index (χ3v) is 4.21. The molecular formula is C19H37NO7. The molecule has 3 rings (SSSR count). The van der Waals surface area contributed by atoms with Crippen LogP contribution in [-0.4, -0.2) is 89.7 Å². The summed E-state index contributed by atoms with van der Waals surface area (Å²) in [7, 11) is 0. The summed E-state index contributed by atoms with van der Waals surface area (Å²) < 4.78 is 15.0. The van der Waals surface area contributed by atoms with Crippen LogP contribution in [0.25, 0.3) is 0 Å². The summed E-state index contributed by atoms with van der Waals surface area (Å²) in [6.45, 7) is 9.49. The maximum absolute atomic E-state index is 11.5. The molecule has 3 aliphatic heterocycles. The Balaban J connectivity index is 0.000000231. The van der Waals surface area contributed by atoms with Crippen LogP contribution in [0.2, 0.25) is 0 Å². The van der Waals surface area contributed by atoms with Gasteiger partial charge in [0.25, 0.3) is 0 Å². The number of carbonyl (C=O) groups excluding carboxylic acids is 1. The minimum Gasteiger partial charge on any atom is -0.444 e. The van der Waals surface area contributed by atoms with Crippen molar-refractivity contribution in [3.63, 3.8) is 0 Å². The van der Waals surface area contributed by atoms with Gasteiger partial charge < -0.3 is 34.4 Å². The van der Waals surface area contributed by atoms with Crippen molar-refractivity contribution in [2.45, 2.75) is 76.8 Å². The van der Waals surface area contributed by atoms with E-state index in [-0.39, 0.29) is 24.4 Å². The Bertz CT molecular complexity index is 393. The van der Waals surface area contributed by atoms with Gasteiger partial charge in [-0.15, -0.1) is 0 Å². The van der Waals surface area contributed by atoms with Crippen molar-refractivity contribution in [2.24, 2.45) is 0 Å². The summed E-state index contributed by atoms with van der Waals surface area (Å²) in [5.74, 6) is 0. The molecule has 0 aromatic heterocycles. The molecule has 3 heterocycles. The fraction of sp³-hybridized carbons (Fsp3) is 0.947. The average molecular weight is 392 g/mol. The minimum absolute atomic E-state index is 0.0891. The largest absolute Gasteiger partial charge is 0.444 e. The van der Waals surface area contributed by atoms with Gasteiger partial charge in [-0.1, -0.05) is 0 Å². The smallest absolute Gasteiger partial charge is 0.410 e. The number of piperidine rings is 1. The summed E-state index contributed by atoms with van der Waals surface area (Å²) >= 11 is 0. The molecule has 0 aliphatic carbocycles. The number of carbonyl (C=O) groups is 1. The second-order valence-corrected chi connectivity index (χ2v) is 8.06. The zero-order valence-electron chi connectivity index (χ0n) is 16.9. The van der Waals surface area contributed by atoms with E-state index in [4.69, 9.17) is 24.4 Å². The molecule has 0 saturated carbocycles. The molecule has 0 radical (unpaired) electrons. The minimum atomic E-state index is -0.437. The first-order chi connectivity index (χ1) is 12.7. The molecule has 0 spiro atoms. The topological polar surface area (TPSA) is 109 Å². The van der Waals surface area contributed by atoms with Crippen molar-refractivity contribution in [1.29, 1.82) is 0 Å². The molecule has 1 amide bonds. The van der Waals surface area contributed by atoms with Gasteiger partial charge in [-0.05, 0) is 52.9 Å². The molecule has 1 unspecified atom stereocenters. The van der Waals surface area contributed by atoms with Crippen LogP contribution in [0.5, 0.6) is 0 Å². The Morgan fingerprint density at radius 2 is 1.33 bits per heavy atom. The number of rotatable bonds is 0. The van der Waals surface area contributed by atoms with Gasteiger partial charge in [-0.25, -0.2) is 4.79 Å². The Morgan fingerprint density at radius 3 is 1.67 bits per heavy atom. The molecule has 3 saturated heterocycles. The highest BCUT2D eigenvalue weighted by molar-refractivity contribution is 5.68. The first-order valence-corrected chi connectivity index (χ1v) is 9.85. The van der Waals surface area contributed by atoms with E-state index in [1.165, 1.54) is 0 Å². The van der Waals surface area contributed by atoms with Crippen LogP contribution >= 0.6 is 0 Å². The van der Waals surface area contributed by atoms with E-state index >= 15 is 0 Å². The lowest BCUT2D eigenvalue weighted by Crippen LogP contribution is -2.42. The van der Waals surface area contributed by atoms with E-state index in [2.05, 4.69) is 0 Å². The maximum atomic E-state index is 11.5. The lowest BCUT2D eigenvalue weighted by atomic mass is 10.1. The fourth-order valence-corrected chi connectivity index (χ4v) is 2.58. The van der Waals surface area contributed by atoms with Gasteiger partial charge >= 0.3 is 6.09 Å². The Morgan fingerprint density at radius 1 is 0.852 bits per heavy atom. The number of hydrogen-bond acceptors (Lipinski definition) is 7. The molecular weight excluding hydrogens is 354 g/mol. The Labute approximate surface area is 162 Å². The molecule has 1 atom stereocenters. The van der Waals surface area contributed by atoms with Gasteiger partial charge in [-0.3, -0.25) is 0 Å². The summed E-state index contributed by atoms with van der Waals surface area (Å²) in [4.78, 5) is 13.2. The summed E-state index contributed by atoms with van der Waals surface area (Å²) in [5.41, 5.74) is -0.437. The van der Waals surface area contributed by atoms with Crippen LogP contribution in [0, 0.1) is 0 Å². The number of aliphatic hydroxyl groups excluding tert-OH is 3. The maximum Gasteiger partial charge on any atom is 0.410 e. The van der Waals surface area contributed by atoms with Gasteiger partial charge in [0.2, 0.25) is 0 Å². The lowest BCUT2D eigenvalue weighted by molar-refractivity contribution is 0.00996. The molecule has 0 aromatic rings. The molecule has 0 bridgehead atoms. The number of hydrogen-bond donors (Lipinski definition) is 3. The fourth-order valence-electron chi connectivity index (χ4n) is 2.58. The van der Waals surface area contributed by atoms with E-state index in [1.54, 1.807) is 4.90 Å². The molecule has 27 heavy (non-hydrogen) atoms. The molecule has 3 fully saturated rings. The molecule has 3 aliphatic rings. The molecule has 8 nitrogen and oxygen atoms in total. The average Bonchev–Trinajstić information content (AvgIpc) is 3.07. The summed E-state index contributed by atoms with van der Waals surface area (Å²) in [6.07, 6.45) is 2.97. The van der Waals surface area contributed by atoms with Crippen molar-refractivity contribution in [1.82, 2.24) is 4.90 Å². The van der Waals surface area contributed by atoms with Gasteiger partial charge in [0.15, 0.2) is 0 Å². The van der Waals surface area contributed by atoms with Gasteiger partial charge in [0.05, 0.1) is 24.9 Å². The van der Waals surface area contributed by atoms with E-state index in [0.29, 0.717) is 32.5 Å².